The molecule has 4 rings (SSSR count). The van der Waals surface area contributed by atoms with Gasteiger partial charge in [0.25, 0.3) is 0 Å². The number of fused-ring (bicyclic) bond motifs is 3. The Balaban J connectivity index is 1.60. The number of β-amino-alcohol motifs (C(OH)–C–C–N with tert-alkyl or cyclic N) is 1. The molecule has 0 bridgehead atoms. The summed E-state index contributed by atoms with van der Waals surface area (Å²) in [4.78, 5) is 2.44. The number of likely N-dealkylation sites (tertiary alicyclic amines) is 1. The van der Waals surface area contributed by atoms with Crippen LogP contribution in [-0.4, -0.2) is 40.3 Å². The Morgan fingerprint density at radius 1 is 0.750 bits per heavy atom. The quantitative estimate of drug-likeness (QED) is 0.785. The van der Waals surface area contributed by atoms with Crippen molar-refractivity contribution < 1.29 is 5.11 Å². The molecule has 1 saturated heterocycles. The molecule has 1 aromatic heterocycles. The zero-order valence-electron chi connectivity index (χ0n) is 14.2. The molecular formula is C21H26N2O. The molecule has 1 fully saturated rings. The predicted octanol–water partition coefficient (Wildman–Crippen LogP) is 4.03. The second-order valence-electron chi connectivity index (χ2n) is 7.01. The molecule has 2 aromatic carbocycles. The molecule has 0 saturated carbocycles. The maximum absolute atomic E-state index is 10.7. The van der Waals surface area contributed by atoms with E-state index in [0.29, 0.717) is 6.54 Å². The van der Waals surface area contributed by atoms with Crippen molar-refractivity contribution >= 4 is 21.8 Å². The number of rotatable bonds is 4. The van der Waals surface area contributed by atoms with Crippen LogP contribution in [0, 0.1) is 0 Å². The predicted molar refractivity (Wildman–Crippen MR) is 100 cm³/mol. The summed E-state index contributed by atoms with van der Waals surface area (Å²) in [6, 6.07) is 17.0. The fraction of sp³-hybridized carbons (Fsp3) is 0.429. The highest BCUT2D eigenvalue weighted by atomic mass is 16.3. The smallest absolute Gasteiger partial charge is 0.0845 e. The van der Waals surface area contributed by atoms with Gasteiger partial charge in [-0.05, 0) is 38.1 Å². The van der Waals surface area contributed by atoms with E-state index in [4.69, 9.17) is 0 Å². The molecule has 3 heteroatoms. The summed E-state index contributed by atoms with van der Waals surface area (Å²) in [5.74, 6) is 0. The van der Waals surface area contributed by atoms with Crippen LogP contribution >= 0.6 is 0 Å². The second-order valence-corrected chi connectivity index (χ2v) is 7.01. The van der Waals surface area contributed by atoms with Crippen molar-refractivity contribution in [2.75, 3.05) is 19.6 Å². The second kappa shape index (κ2) is 6.96. The molecule has 126 valence electrons. The van der Waals surface area contributed by atoms with Crippen molar-refractivity contribution in [2.45, 2.75) is 38.3 Å². The van der Waals surface area contributed by atoms with Crippen molar-refractivity contribution in [1.29, 1.82) is 0 Å². The van der Waals surface area contributed by atoms with Crippen molar-refractivity contribution in [3.63, 3.8) is 0 Å². The Bertz CT molecular complexity index is 762. The molecule has 0 amide bonds. The van der Waals surface area contributed by atoms with Crippen molar-refractivity contribution in [1.82, 2.24) is 9.47 Å². The Kier molecular flexibility index (Phi) is 4.54. The highest BCUT2D eigenvalue weighted by molar-refractivity contribution is 6.07. The van der Waals surface area contributed by atoms with E-state index < -0.39 is 0 Å². The normalized spacial score (nSPS) is 18.0. The fourth-order valence-electron chi connectivity index (χ4n) is 4.09. The number of hydrogen-bond acceptors (Lipinski definition) is 2. The molecule has 24 heavy (non-hydrogen) atoms. The highest BCUT2D eigenvalue weighted by Crippen LogP contribution is 2.28. The van der Waals surface area contributed by atoms with Crippen LogP contribution in [0.2, 0.25) is 0 Å². The van der Waals surface area contributed by atoms with Gasteiger partial charge in [0.05, 0.1) is 12.6 Å². The van der Waals surface area contributed by atoms with Crippen LogP contribution in [0.5, 0.6) is 0 Å². The van der Waals surface area contributed by atoms with Gasteiger partial charge in [0.2, 0.25) is 0 Å². The van der Waals surface area contributed by atoms with Crippen molar-refractivity contribution in [3.8, 4) is 0 Å². The van der Waals surface area contributed by atoms with Gasteiger partial charge in [0, 0.05) is 28.4 Å². The van der Waals surface area contributed by atoms with Crippen LogP contribution in [0.15, 0.2) is 48.5 Å². The van der Waals surface area contributed by atoms with Crippen molar-refractivity contribution in [3.05, 3.63) is 48.5 Å². The number of nitrogens with zero attached hydrogens (tertiary/aromatic N) is 2. The van der Waals surface area contributed by atoms with E-state index in [9.17, 15) is 5.11 Å². The lowest BCUT2D eigenvalue weighted by molar-refractivity contribution is 0.102. The third-order valence-corrected chi connectivity index (χ3v) is 5.24. The molecular weight excluding hydrogens is 296 g/mol. The minimum absolute atomic E-state index is 0.331. The van der Waals surface area contributed by atoms with Gasteiger partial charge >= 0.3 is 0 Å². The first-order chi connectivity index (χ1) is 11.8. The van der Waals surface area contributed by atoms with Crippen LogP contribution in [-0.2, 0) is 6.54 Å². The van der Waals surface area contributed by atoms with Gasteiger partial charge < -0.3 is 14.6 Å². The Hall–Kier alpha value is -1.84. The van der Waals surface area contributed by atoms with E-state index in [2.05, 4.69) is 58.0 Å². The summed E-state index contributed by atoms with van der Waals surface area (Å²) in [5.41, 5.74) is 2.43. The van der Waals surface area contributed by atoms with E-state index >= 15 is 0 Å². The standard InChI is InChI=1S/C21H26N2O/c24-17(15-22-13-7-1-2-8-14-22)16-23-20-11-5-3-9-18(20)19-10-4-6-12-21(19)23/h3-6,9-12,17,24H,1-2,7-8,13-16H2. The topological polar surface area (TPSA) is 28.4 Å². The molecule has 3 aromatic rings. The largest absolute Gasteiger partial charge is 0.390 e. The number of hydrogen-bond donors (Lipinski definition) is 1. The van der Waals surface area contributed by atoms with Crippen LogP contribution in [0.1, 0.15) is 25.7 Å². The summed E-state index contributed by atoms with van der Waals surface area (Å²) < 4.78 is 2.28. The lowest BCUT2D eigenvalue weighted by Gasteiger charge is -2.24. The maximum Gasteiger partial charge on any atom is 0.0845 e. The third-order valence-electron chi connectivity index (χ3n) is 5.24. The van der Waals surface area contributed by atoms with Crippen LogP contribution in [0.25, 0.3) is 21.8 Å². The number of benzene rings is 2. The van der Waals surface area contributed by atoms with Gasteiger partial charge in [-0.2, -0.15) is 0 Å². The van der Waals surface area contributed by atoms with Crippen LogP contribution < -0.4 is 0 Å². The first kappa shape index (κ1) is 15.7. The number of para-hydroxylation sites is 2. The Morgan fingerprint density at radius 2 is 1.29 bits per heavy atom. The Morgan fingerprint density at radius 3 is 1.88 bits per heavy atom. The summed E-state index contributed by atoms with van der Waals surface area (Å²) in [6.07, 6.45) is 4.87. The molecule has 0 aliphatic carbocycles. The van der Waals surface area contributed by atoms with E-state index in [1.165, 1.54) is 47.5 Å². The lowest BCUT2D eigenvalue weighted by Crippen LogP contribution is -2.35. The molecule has 1 aliphatic rings. The minimum Gasteiger partial charge on any atom is -0.390 e. The average molecular weight is 322 g/mol. The van der Waals surface area contributed by atoms with Crippen LogP contribution in [0.4, 0.5) is 0 Å². The van der Waals surface area contributed by atoms with Gasteiger partial charge in [-0.25, -0.2) is 0 Å². The molecule has 1 atom stereocenters. The fourth-order valence-corrected chi connectivity index (χ4v) is 4.09. The molecule has 0 spiro atoms. The third kappa shape index (κ3) is 3.06. The van der Waals surface area contributed by atoms with E-state index in [-0.39, 0.29) is 6.10 Å². The van der Waals surface area contributed by atoms with Gasteiger partial charge in [-0.1, -0.05) is 49.2 Å². The van der Waals surface area contributed by atoms with Crippen LogP contribution in [0.3, 0.4) is 0 Å². The van der Waals surface area contributed by atoms with E-state index in [0.717, 1.165) is 19.6 Å². The van der Waals surface area contributed by atoms with E-state index in [1.807, 2.05) is 0 Å². The molecule has 1 N–H and O–H groups in total. The zero-order chi connectivity index (χ0) is 16.4. The number of aliphatic hydroxyl groups is 1. The van der Waals surface area contributed by atoms with Gasteiger partial charge in [0.1, 0.15) is 0 Å². The summed E-state index contributed by atoms with van der Waals surface area (Å²) in [5, 5.41) is 13.3. The molecule has 3 nitrogen and oxygen atoms in total. The molecule has 1 aliphatic heterocycles. The molecule has 1 unspecified atom stereocenters. The highest BCUT2D eigenvalue weighted by Gasteiger charge is 2.17. The summed E-state index contributed by atoms with van der Waals surface area (Å²) in [6.45, 7) is 3.69. The monoisotopic (exact) mass is 322 g/mol. The first-order valence-electron chi connectivity index (χ1n) is 9.19. The average Bonchev–Trinajstić information content (AvgIpc) is 2.76. The zero-order valence-corrected chi connectivity index (χ0v) is 14.2. The minimum atomic E-state index is -0.331. The first-order valence-corrected chi connectivity index (χ1v) is 9.19. The molecule has 2 heterocycles. The van der Waals surface area contributed by atoms with Gasteiger partial charge in [-0.15, -0.1) is 0 Å². The number of aliphatic hydroxyl groups excluding tert-OH is 1. The Labute approximate surface area is 143 Å². The van der Waals surface area contributed by atoms with Crippen molar-refractivity contribution in [2.24, 2.45) is 0 Å². The summed E-state index contributed by atoms with van der Waals surface area (Å²) >= 11 is 0. The van der Waals surface area contributed by atoms with Gasteiger partial charge in [0.15, 0.2) is 0 Å². The number of aromatic nitrogens is 1. The van der Waals surface area contributed by atoms with E-state index in [1.54, 1.807) is 0 Å². The lowest BCUT2D eigenvalue weighted by atomic mass is 10.2. The maximum atomic E-state index is 10.7. The molecule has 0 radical (unpaired) electrons. The van der Waals surface area contributed by atoms with Gasteiger partial charge in [-0.3, -0.25) is 0 Å². The summed E-state index contributed by atoms with van der Waals surface area (Å²) in [7, 11) is 0. The SMILES string of the molecule is OC(CN1CCCCCC1)Cn1c2ccccc2c2ccccc21.